The van der Waals surface area contributed by atoms with Crippen molar-refractivity contribution in [3.8, 4) is 0 Å². The minimum Gasteiger partial charge on any atom is -0.304 e. The van der Waals surface area contributed by atoms with E-state index in [4.69, 9.17) is 0 Å². The highest BCUT2D eigenvalue weighted by Gasteiger charge is 2.60. The Bertz CT molecular complexity index is 1270. The molecule has 0 unspecified atom stereocenters. The van der Waals surface area contributed by atoms with E-state index in [1.165, 1.54) is 4.90 Å². The first kappa shape index (κ1) is 20.6. The summed E-state index contributed by atoms with van der Waals surface area (Å²) in [4.78, 5) is 43.8. The van der Waals surface area contributed by atoms with Crippen LogP contribution < -0.4 is 9.80 Å². The highest BCUT2D eigenvalue weighted by atomic mass is 16.2. The summed E-state index contributed by atoms with van der Waals surface area (Å²) >= 11 is 0. The molecule has 5 heteroatoms. The first-order valence-electron chi connectivity index (χ1n) is 11.7. The van der Waals surface area contributed by atoms with Crippen LogP contribution >= 0.6 is 0 Å². The summed E-state index contributed by atoms with van der Waals surface area (Å²) in [6.07, 6.45) is 4.50. The van der Waals surface area contributed by atoms with E-state index >= 15 is 0 Å². The molecule has 0 radical (unpaired) electrons. The van der Waals surface area contributed by atoms with Gasteiger partial charge in [0.25, 0.3) is 0 Å². The topological polar surface area (TPSA) is 57.7 Å². The van der Waals surface area contributed by atoms with Gasteiger partial charge in [0.15, 0.2) is 0 Å². The Kier molecular flexibility index (Phi) is 4.91. The van der Waals surface area contributed by atoms with E-state index in [1.54, 1.807) is 12.1 Å². The van der Waals surface area contributed by atoms with Crippen LogP contribution in [0.15, 0.2) is 103 Å². The summed E-state index contributed by atoms with van der Waals surface area (Å²) in [5.41, 5.74) is 2.47. The molecular formula is C29H24N2O3. The highest BCUT2D eigenvalue weighted by molar-refractivity contribution is 6.22. The molecule has 3 aromatic rings. The monoisotopic (exact) mass is 448 g/mol. The molecule has 168 valence electrons. The van der Waals surface area contributed by atoms with Gasteiger partial charge in [-0.1, -0.05) is 78.9 Å². The molecule has 0 aromatic heterocycles. The first-order chi connectivity index (χ1) is 16.7. The Morgan fingerprint density at radius 1 is 0.618 bits per heavy atom. The minimum atomic E-state index is -0.532. The summed E-state index contributed by atoms with van der Waals surface area (Å²) in [6.45, 7) is 0. The van der Waals surface area contributed by atoms with Crippen LogP contribution in [0.4, 0.5) is 11.4 Å². The van der Waals surface area contributed by atoms with Crippen LogP contribution in [0.5, 0.6) is 0 Å². The van der Waals surface area contributed by atoms with Gasteiger partial charge >= 0.3 is 0 Å². The summed E-state index contributed by atoms with van der Waals surface area (Å²) in [5.74, 6) is -2.07. The molecule has 34 heavy (non-hydrogen) atoms. The number of rotatable bonds is 4. The molecule has 6 rings (SSSR count). The summed E-state index contributed by atoms with van der Waals surface area (Å²) in [6, 6.07) is 28.5. The maximum Gasteiger partial charge on any atom is 0.238 e. The van der Waals surface area contributed by atoms with Gasteiger partial charge in [0.1, 0.15) is 0 Å². The third-order valence-corrected chi connectivity index (χ3v) is 7.39. The lowest BCUT2D eigenvalue weighted by molar-refractivity contribution is -0.135. The fraction of sp³-hybridized carbons (Fsp3) is 0.207. The van der Waals surface area contributed by atoms with E-state index in [0.717, 1.165) is 11.3 Å². The maximum atomic E-state index is 13.7. The molecule has 2 aliphatic heterocycles. The number of carbonyl (C=O) groups is 3. The van der Waals surface area contributed by atoms with E-state index in [1.807, 2.05) is 95.9 Å². The molecule has 3 aliphatic rings. The van der Waals surface area contributed by atoms with Gasteiger partial charge in [-0.05, 0) is 36.2 Å². The Labute approximate surface area is 198 Å². The molecule has 0 spiro atoms. The van der Waals surface area contributed by atoms with Crippen molar-refractivity contribution in [2.24, 2.45) is 23.7 Å². The minimum absolute atomic E-state index is 0.00577. The normalized spacial score (nSPS) is 28.1. The molecule has 0 N–H and O–H groups in total. The number of nitrogens with zero attached hydrogens (tertiary/aromatic N) is 2. The van der Waals surface area contributed by atoms with Gasteiger partial charge in [-0.3, -0.25) is 19.3 Å². The lowest BCUT2D eigenvalue weighted by Crippen LogP contribution is -2.59. The molecule has 5 nitrogen and oxygen atoms in total. The van der Waals surface area contributed by atoms with E-state index in [2.05, 4.69) is 0 Å². The number of allylic oxidation sites excluding steroid dienone is 2. The number of amides is 3. The highest BCUT2D eigenvalue weighted by Crippen LogP contribution is 2.53. The van der Waals surface area contributed by atoms with Gasteiger partial charge in [-0.25, -0.2) is 0 Å². The van der Waals surface area contributed by atoms with Crippen molar-refractivity contribution in [2.45, 2.75) is 12.5 Å². The van der Waals surface area contributed by atoms with Crippen molar-refractivity contribution in [3.05, 3.63) is 109 Å². The van der Waals surface area contributed by atoms with E-state index in [-0.39, 0.29) is 29.7 Å². The van der Waals surface area contributed by atoms with Crippen molar-refractivity contribution in [1.82, 2.24) is 0 Å². The fourth-order valence-electron chi connectivity index (χ4n) is 5.88. The molecule has 1 aliphatic carbocycles. The molecule has 0 saturated carbocycles. The molecule has 2 heterocycles. The van der Waals surface area contributed by atoms with Crippen molar-refractivity contribution in [2.75, 3.05) is 9.80 Å². The summed E-state index contributed by atoms with van der Waals surface area (Å²) in [7, 11) is 0. The van der Waals surface area contributed by atoms with Crippen LogP contribution in [0.25, 0.3) is 0 Å². The zero-order chi connectivity index (χ0) is 23.2. The van der Waals surface area contributed by atoms with Gasteiger partial charge in [0.2, 0.25) is 17.7 Å². The first-order valence-corrected chi connectivity index (χ1v) is 11.7. The molecule has 5 atom stereocenters. The molecule has 3 aromatic carbocycles. The smallest absolute Gasteiger partial charge is 0.238 e. The van der Waals surface area contributed by atoms with Crippen LogP contribution in [-0.2, 0) is 14.4 Å². The lowest BCUT2D eigenvalue weighted by Gasteiger charge is -2.51. The van der Waals surface area contributed by atoms with Gasteiger partial charge in [-0.15, -0.1) is 0 Å². The third-order valence-electron chi connectivity index (χ3n) is 7.39. The molecular weight excluding hydrogens is 424 g/mol. The largest absolute Gasteiger partial charge is 0.304 e. The van der Waals surface area contributed by atoms with Gasteiger partial charge < -0.3 is 4.90 Å². The van der Waals surface area contributed by atoms with Crippen LogP contribution in [-0.4, -0.2) is 17.7 Å². The van der Waals surface area contributed by atoms with Crippen LogP contribution in [0, 0.1) is 23.7 Å². The van der Waals surface area contributed by atoms with E-state index in [9.17, 15) is 14.4 Å². The van der Waals surface area contributed by atoms with Crippen molar-refractivity contribution in [3.63, 3.8) is 0 Å². The predicted octanol–water partition coefficient (Wildman–Crippen LogP) is 4.77. The maximum absolute atomic E-state index is 13.7. The summed E-state index contributed by atoms with van der Waals surface area (Å²) in [5, 5.41) is 0. The number of hydrogen-bond donors (Lipinski definition) is 0. The second-order valence-corrected chi connectivity index (χ2v) is 9.15. The van der Waals surface area contributed by atoms with Crippen LogP contribution in [0.1, 0.15) is 18.0 Å². The van der Waals surface area contributed by atoms with E-state index in [0.29, 0.717) is 12.1 Å². The molecule has 0 bridgehead atoms. The Morgan fingerprint density at radius 3 is 1.85 bits per heavy atom. The summed E-state index contributed by atoms with van der Waals surface area (Å²) < 4.78 is 0. The number of hydrogen-bond acceptors (Lipinski definition) is 3. The zero-order valence-corrected chi connectivity index (χ0v) is 18.5. The standard InChI is InChI=1S/C29H24N2O3/c32-27-23-18-10-17-22(24(23)28(33)31(27)21-15-8-3-9-16-21)25-26(19-11-4-1-5-12-19)30(29(25)34)20-13-6-2-7-14-20/h1-17,22-26H,18H2/t22-,23-,24+,25+,26+/m0/s1. The molecule has 3 amide bonds. The molecule has 2 fully saturated rings. The lowest BCUT2D eigenvalue weighted by atomic mass is 9.64. The number of fused-ring (bicyclic) bond motifs is 1. The second kappa shape index (κ2) is 8.10. The number of anilines is 2. The number of β-lactam (4-membered cyclic amide) rings is 1. The van der Waals surface area contributed by atoms with Crippen LogP contribution in [0.2, 0.25) is 0 Å². The van der Waals surface area contributed by atoms with Crippen molar-refractivity contribution in [1.29, 1.82) is 0 Å². The Balaban J connectivity index is 1.39. The number of imide groups is 1. The Morgan fingerprint density at radius 2 is 1.21 bits per heavy atom. The number of carbonyl (C=O) groups excluding carboxylic acids is 3. The SMILES string of the molecule is O=C1[C@@H]2[C@@H]([C@H]3C(=O)N(c4ccccc4)[C@@H]3c3ccccc3)C=CC[C@@H]2C(=O)N1c1ccccc1. The average Bonchev–Trinajstić information content (AvgIpc) is 3.14. The van der Waals surface area contributed by atoms with Gasteiger partial charge in [0.05, 0.1) is 29.5 Å². The molecule has 2 saturated heterocycles. The Hall–Kier alpha value is -3.99. The fourth-order valence-corrected chi connectivity index (χ4v) is 5.88. The van der Waals surface area contributed by atoms with E-state index < -0.39 is 17.8 Å². The zero-order valence-electron chi connectivity index (χ0n) is 18.5. The number of benzene rings is 3. The van der Waals surface area contributed by atoms with Gasteiger partial charge in [0, 0.05) is 11.6 Å². The van der Waals surface area contributed by atoms with Gasteiger partial charge in [-0.2, -0.15) is 0 Å². The average molecular weight is 449 g/mol. The number of para-hydroxylation sites is 2. The second-order valence-electron chi connectivity index (χ2n) is 9.15. The van der Waals surface area contributed by atoms with Crippen molar-refractivity contribution >= 4 is 29.1 Å². The third kappa shape index (κ3) is 3.04. The quantitative estimate of drug-likeness (QED) is 0.328. The van der Waals surface area contributed by atoms with Crippen molar-refractivity contribution < 1.29 is 14.4 Å². The predicted molar refractivity (Wildman–Crippen MR) is 130 cm³/mol. The van der Waals surface area contributed by atoms with Crippen LogP contribution in [0.3, 0.4) is 0 Å².